The number of carbonyl (C=O) groups excluding carboxylic acids is 1. The van der Waals surface area contributed by atoms with Gasteiger partial charge in [0.2, 0.25) is 0 Å². The minimum Gasteiger partial charge on any atom is -0.268 e. The number of allylic oxidation sites excluding steroid dienone is 1. The van der Waals surface area contributed by atoms with Crippen LogP contribution in [0.15, 0.2) is 16.9 Å². The minimum atomic E-state index is -0.356. The van der Waals surface area contributed by atoms with Crippen LogP contribution in [0.1, 0.15) is 13.8 Å². The van der Waals surface area contributed by atoms with Crippen LogP contribution >= 0.6 is 0 Å². The third-order valence-corrected chi connectivity index (χ3v) is 0.586. The molecule has 9 heavy (non-hydrogen) atoms. The predicted molar refractivity (Wildman–Crippen MR) is 32.7 cm³/mol. The molecule has 0 aliphatic carbocycles. The SMILES string of the molecule is CC(C)=CC(=O)NN=N. The molecule has 0 spiro atoms. The summed E-state index contributed by atoms with van der Waals surface area (Å²) in [4.78, 5) is 10.5. The van der Waals surface area contributed by atoms with Crippen molar-refractivity contribution in [3.63, 3.8) is 0 Å². The highest BCUT2D eigenvalue weighted by molar-refractivity contribution is 5.87. The van der Waals surface area contributed by atoms with Crippen molar-refractivity contribution in [3.8, 4) is 0 Å². The summed E-state index contributed by atoms with van der Waals surface area (Å²) in [6.07, 6.45) is 1.37. The number of hydrogen-bond donors (Lipinski definition) is 2. The molecule has 2 N–H and O–H groups in total. The minimum absolute atomic E-state index is 0.356. The van der Waals surface area contributed by atoms with Crippen LogP contribution in [-0.4, -0.2) is 5.91 Å². The summed E-state index contributed by atoms with van der Waals surface area (Å²) in [6, 6.07) is 0. The largest absolute Gasteiger partial charge is 0.268 e. The Kier molecular flexibility index (Phi) is 3.27. The number of amides is 1. The predicted octanol–water partition coefficient (Wildman–Crippen LogP) is 1.01. The molecule has 0 aromatic carbocycles. The lowest BCUT2D eigenvalue weighted by atomic mass is 10.3. The fourth-order valence-corrected chi connectivity index (χ4v) is 0.350. The van der Waals surface area contributed by atoms with E-state index in [4.69, 9.17) is 5.53 Å². The molecule has 0 saturated heterocycles. The number of carbonyl (C=O) groups is 1. The lowest BCUT2D eigenvalue weighted by Crippen LogP contribution is -2.12. The van der Waals surface area contributed by atoms with E-state index in [2.05, 4.69) is 5.22 Å². The van der Waals surface area contributed by atoms with Crippen molar-refractivity contribution in [3.05, 3.63) is 11.6 Å². The van der Waals surface area contributed by atoms with Gasteiger partial charge in [0.15, 0.2) is 0 Å². The van der Waals surface area contributed by atoms with E-state index in [-0.39, 0.29) is 5.91 Å². The highest BCUT2D eigenvalue weighted by Crippen LogP contribution is 1.86. The number of nitrogens with zero attached hydrogens (tertiary/aromatic N) is 1. The average molecular weight is 127 g/mol. The molecule has 4 nitrogen and oxygen atoms in total. The Morgan fingerprint density at radius 3 is 2.56 bits per heavy atom. The van der Waals surface area contributed by atoms with E-state index in [1.54, 1.807) is 13.8 Å². The van der Waals surface area contributed by atoms with Crippen LogP contribution in [0, 0.1) is 5.53 Å². The molecule has 0 radical (unpaired) electrons. The first-order valence-electron chi connectivity index (χ1n) is 2.48. The summed E-state index contributed by atoms with van der Waals surface area (Å²) < 4.78 is 0. The summed E-state index contributed by atoms with van der Waals surface area (Å²) >= 11 is 0. The van der Waals surface area contributed by atoms with Crippen molar-refractivity contribution in [2.45, 2.75) is 13.8 Å². The van der Waals surface area contributed by atoms with Gasteiger partial charge < -0.3 is 0 Å². The molecule has 0 fully saturated rings. The van der Waals surface area contributed by atoms with Crippen molar-refractivity contribution >= 4 is 5.91 Å². The zero-order valence-corrected chi connectivity index (χ0v) is 5.43. The van der Waals surface area contributed by atoms with E-state index >= 15 is 0 Å². The number of hydrogen-bond acceptors (Lipinski definition) is 3. The maximum atomic E-state index is 10.5. The normalized spacial score (nSPS) is 7.78. The van der Waals surface area contributed by atoms with Crippen molar-refractivity contribution < 1.29 is 4.79 Å². The van der Waals surface area contributed by atoms with E-state index in [1.165, 1.54) is 6.08 Å². The Hall–Kier alpha value is -1.19. The first-order valence-corrected chi connectivity index (χ1v) is 2.48. The molecular weight excluding hydrogens is 118 g/mol. The Morgan fingerprint density at radius 2 is 2.22 bits per heavy atom. The van der Waals surface area contributed by atoms with Gasteiger partial charge >= 0.3 is 0 Å². The highest BCUT2D eigenvalue weighted by Gasteiger charge is 1.89. The molecule has 0 rings (SSSR count). The first-order chi connectivity index (χ1) is 4.16. The van der Waals surface area contributed by atoms with Gasteiger partial charge in [0, 0.05) is 6.08 Å². The molecular formula is C5H9N3O. The molecule has 0 unspecified atom stereocenters. The summed E-state index contributed by atoms with van der Waals surface area (Å²) in [5, 5.41) is 2.69. The molecule has 50 valence electrons. The van der Waals surface area contributed by atoms with Gasteiger partial charge in [-0.15, -0.1) is 0 Å². The van der Waals surface area contributed by atoms with E-state index < -0.39 is 0 Å². The highest BCUT2D eigenvalue weighted by atomic mass is 16.2. The molecule has 0 saturated carbocycles. The van der Waals surface area contributed by atoms with Gasteiger partial charge in [0.25, 0.3) is 5.91 Å². The van der Waals surface area contributed by atoms with Crippen LogP contribution in [0.3, 0.4) is 0 Å². The van der Waals surface area contributed by atoms with Crippen molar-refractivity contribution in [2.75, 3.05) is 0 Å². The van der Waals surface area contributed by atoms with Crippen LogP contribution in [0.5, 0.6) is 0 Å². The molecule has 0 heterocycles. The first kappa shape index (κ1) is 7.81. The zero-order valence-electron chi connectivity index (χ0n) is 5.43. The van der Waals surface area contributed by atoms with Gasteiger partial charge in [-0.1, -0.05) is 10.8 Å². The second kappa shape index (κ2) is 3.77. The summed E-state index contributed by atoms with van der Waals surface area (Å²) in [5.41, 5.74) is 9.08. The Bertz CT molecular complexity index is 146. The van der Waals surface area contributed by atoms with Crippen LogP contribution in [-0.2, 0) is 4.79 Å². The molecule has 4 heteroatoms. The van der Waals surface area contributed by atoms with Gasteiger partial charge in [0.05, 0.1) is 0 Å². The lowest BCUT2D eigenvalue weighted by molar-refractivity contribution is -0.116. The van der Waals surface area contributed by atoms with Gasteiger partial charge in [-0.25, -0.2) is 5.43 Å². The molecule has 1 amide bonds. The van der Waals surface area contributed by atoms with Crippen LogP contribution < -0.4 is 5.43 Å². The van der Waals surface area contributed by atoms with E-state index in [0.717, 1.165) is 5.57 Å². The standard InChI is InChI=1S/C5H9N3O/c1-4(2)3-5(9)7-8-6/h3H,1-2H3,(H2,6,7,9). The van der Waals surface area contributed by atoms with Gasteiger partial charge in [0.1, 0.15) is 0 Å². The fourth-order valence-electron chi connectivity index (χ4n) is 0.350. The van der Waals surface area contributed by atoms with Gasteiger partial charge in [-0.05, 0) is 13.8 Å². The number of nitrogens with one attached hydrogen (secondary N) is 2. The van der Waals surface area contributed by atoms with Crippen molar-refractivity contribution in [1.82, 2.24) is 5.43 Å². The third kappa shape index (κ3) is 4.67. The van der Waals surface area contributed by atoms with Crippen LogP contribution in [0.25, 0.3) is 0 Å². The number of rotatable bonds is 2. The molecule has 0 atom stereocenters. The molecule has 0 aliphatic heterocycles. The maximum Gasteiger partial charge on any atom is 0.265 e. The fraction of sp³-hybridized carbons (Fsp3) is 0.400. The van der Waals surface area contributed by atoms with Gasteiger partial charge in [-0.3, -0.25) is 4.79 Å². The molecule has 0 bridgehead atoms. The average Bonchev–Trinajstić information content (AvgIpc) is 1.63. The summed E-state index contributed by atoms with van der Waals surface area (Å²) in [7, 11) is 0. The van der Waals surface area contributed by atoms with E-state index in [0.29, 0.717) is 0 Å². The van der Waals surface area contributed by atoms with Crippen molar-refractivity contribution in [2.24, 2.45) is 5.22 Å². The smallest absolute Gasteiger partial charge is 0.265 e. The molecule has 0 aromatic rings. The van der Waals surface area contributed by atoms with E-state index in [1.807, 2.05) is 5.43 Å². The zero-order chi connectivity index (χ0) is 7.28. The summed E-state index contributed by atoms with van der Waals surface area (Å²) in [5.74, 6) is -0.356. The van der Waals surface area contributed by atoms with Crippen LogP contribution in [0.4, 0.5) is 0 Å². The van der Waals surface area contributed by atoms with E-state index in [9.17, 15) is 4.79 Å². The second-order valence-corrected chi connectivity index (χ2v) is 1.81. The topological polar surface area (TPSA) is 65.3 Å². The van der Waals surface area contributed by atoms with Gasteiger partial charge in [-0.2, -0.15) is 5.53 Å². The van der Waals surface area contributed by atoms with Crippen molar-refractivity contribution in [1.29, 1.82) is 5.53 Å². The van der Waals surface area contributed by atoms with Crippen LogP contribution in [0.2, 0.25) is 0 Å². The maximum absolute atomic E-state index is 10.5. The summed E-state index contributed by atoms with van der Waals surface area (Å²) in [6.45, 7) is 3.59. The third-order valence-electron chi connectivity index (χ3n) is 0.586. The second-order valence-electron chi connectivity index (χ2n) is 1.81. The molecule has 0 aliphatic rings. The quantitative estimate of drug-likeness (QED) is 0.324. The monoisotopic (exact) mass is 127 g/mol. The molecule has 0 aromatic heterocycles. The lowest BCUT2D eigenvalue weighted by Gasteiger charge is -1.88. The Morgan fingerprint density at radius 1 is 1.67 bits per heavy atom. The Balaban J connectivity index is 3.76. The Labute approximate surface area is 53.4 Å².